The van der Waals surface area contributed by atoms with E-state index in [2.05, 4.69) is 0 Å². The molecule has 0 amide bonds. The lowest BCUT2D eigenvalue weighted by Gasteiger charge is -2.22. The standard InChI is InChI=1S/C7H14FNO/c1-6-7(8)5-10-4-3-9(6)2/h6-7H,3-5H2,1-2H3. The number of hydrogen-bond acceptors (Lipinski definition) is 2. The molecule has 60 valence electrons. The summed E-state index contributed by atoms with van der Waals surface area (Å²) in [4.78, 5) is 1.98. The molecule has 3 heteroatoms. The van der Waals surface area contributed by atoms with Crippen LogP contribution in [0.1, 0.15) is 6.92 Å². The first kappa shape index (κ1) is 7.95. The number of hydrogen-bond donors (Lipinski definition) is 0. The van der Waals surface area contributed by atoms with E-state index in [0.29, 0.717) is 6.61 Å². The van der Waals surface area contributed by atoms with E-state index in [-0.39, 0.29) is 12.6 Å². The molecule has 0 aliphatic carbocycles. The second-order valence-corrected chi connectivity index (χ2v) is 2.81. The van der Waals surface area contributed by atoms with Crippen LogP contribution in [-0.2, 0) is 4.74 Å². The predicted octanol–water partition coefficient (Wildman–Crippen LogP) is 0.675. The minimum atomic E-state index is -0.826. The molecule has 2 nitrogen and oxygen atoms in total. The molecule has 0 aromatic heterocycles. The summed E-state index contributed by atoms with van der Waals surface area (Å²) in [7, 11) is 1.92. The molecule has 0 radical (unpaired) electrons. The van der Waals surface area contributed by atoms with Gasteiger partial charge in [-0.15, -0.1) is 0 Å². The van der Waals surface area contributed by atoms with E-state index in [9.17, 15) is 4.39 Å². The summed E-state index contributed by atoms with van der Waals surface area (Å²) in [5.74, 6) is 0. The summed E-state index contributed by atoms with van der Waals surface area (Å²) in [6.07, 6.45) is -0.826. The van der Waals surface area contributed by atoms with Crippen molar-refractivity contribution in [2.75, 3.05) is 26.8 Å². The molecule has 1 fully saturated rings. The van der Waals surface area contributed by atoms with Gasteiger partial charge in [-0.3, -0.25) is 4.90 Å². The van der Waals surface area contributed by atoms with Gasteiger partial charge in [0.1, 0.15) is 6.17 Å². The Morgan fingerprint density at radius 1 is 1.60 bits per heavy atom. The topological polar surface area (TPSA) is 12.5 Å². The monoisotopic (exact) mass is 147 g/mol. The summed E-state index contributed by atoms with van der Waals surface area (Å²) >= 11 is 0. The van der Waals surface area contributed by atoms with Crippen molar-refractivity contribution >= 4 is 0 Å². The first-order valence-electron chi connectivity index (χ1n) is 3.64. The van der Waals surface area contributed by atoms with Crippen LogP contribution in [0.2, 0.25) is 0 Å². The third kappa shape index (κ3) is 1.67. The number of ether oxygens (including phenoxy) is 1. The molecule has 0 aromatic rings. The van der Waals surface area contributed by atoms with Crippen molar-refractivity contribution in [2.24, 2.45) is 0 Å². The average Bonchev–Trinajstić information content (AvgIpc) is 2.04. The van der Waals surface area contributed by atoms with E-state index >= 15 is 0 Å². The maximum absolute atomic E-state index is 12.9. The molecule has 0 spiro atoms. The zero-order valence-corrected chi connectivity index (χ0v) is 6.51. The van der Waals surface area contributed by atoms with Crippen molar-refractivity contribution in [3.8, 4) is 0 Å². The van der Waals surface area contributed by atoms with Crippen LogP contribution in [0.25, 0.3) is 0 Å². The predicted molar refractivity (Wildman–Crippen MR) is 37.8 cm³/mol. The van der Waals surface area contributed by atoms with Crippen LogP contribution in [0, 0.1) is 0 Å². The lowest BCUT2D eigenvalue weighted by molar-refractivity contribution is 0.0940. The Balaban J connectivity index is 2.46. The summed E-state index contributed by atoms with van der Waals surface area (Å²) in [6, 6.07) is 0.00231. The molecule has 2 atom stereocenters. The Morgan fingerprint density at radius 2 is 2.30 bits per heavy atom. The minimum Gasteiger partial charge on any atom is -0.377 e. The Hall–Kier alpha value is -0.150. The highest BCUT2D eigenvalue weighted by molar-refractivity contribution is 4.74. The van der Waals surface area contributed by atoms with Gasteiger partial charge in [0, 0.05) is 12.6 Å². The number of nitrogens with zero attached hydrogens (tertiary/aromatic N) is 1. The van der Waals surface area contributed by atoms with Gasteiger partial charge >= 0.3 is 0 Å². The van der Waals surface area contributed by atoms with E-state index < -0.39 is 6.17 Å². The maximum Gasteiger partial charge on any atom is 0.138 e. The molecule has 0 saturated carbocycles. The summed E-state index contributed by atoms with van der Waals surface area (Å²) < 4.78 is 18.0. The summed E-state index contributed by atoms with van der Waals surface area (Å²) in [5.41, 5.74) is 0. The Bertz CT molecular complexity index is 97.8. The highest BCUT2D eigenvalue weighted by atomic mass is 19.1. The molecule has 0 aromatic carbocycles. The Labute approximate surface area is 61.0 Å². The highest BCUT2D eigenvalue weighted by Crippen LogP contribution is 2.09. The molecular formula is C7H14FNO. The van der Waals surface area contributed by atoms with Crippen LogP contribution < -0.4 is 0 Å². The van der Waals surface area contributed by atoms with Gasteiger partial charge in [-0.2, -0.15) is 0 Å². The quantitative estimate of drug-likeness (QED) is 0.499. The second kappa shape index (κ2) is 3.30. The molecule has 1 rings (SSSR count). The molecule has 0 bridgehead atoms. The highest BCUT2D eigenvalue weighted by Gasteiger charge is 2.23. The van der Waals surface area contributed by atoms with E-state index in [0.717, 1.165) is 6.54 Å². The fraction of sp³-hybridized carbons (Fsp3) is 1.00. The minimum absolute atomic E-state index is 0.00231. The molecule has 1 heterocycles. The first-order valence-corrected chi connectivity index (χ1v) is 3.64. The van der Waals surface area contributed by atoms with E-state index in [1.165, 1.54) is 0 Å². The third-order valence-electron chi connectivity index (χ3n) is 2.08. The zero-order valence-electron chi connectivity index (χ0n) is 6.51. The van der Waals surface area contributed by atoms with E-state index in [1.807, 2.05) is 18.9 Å². The number of halogens is 1. The fourth-order valence-corrected chi connectivity index (χ4v) is 1.02. The van der Waals surface area contributed by atoms with E-state index in [4.69, 9.17) is 4.74 Å². The van der Waals surface area contributed by atoms with Crippen molar-refractivity contribution in [1.29, 1.82) is 0 Å². The van der Waals surface area contributed by atoms with Crippen molar-refractivity contribution in [1.82, 2.24) is 4.90 Å². The lowest BCUT2D eigenvalue weighted by atomic mass is 10.2. The molecule has 2 unspecified atom stereocenters. The lowest BCUT2D eigenvalue weighted by Crippen LogP contribution is -2.36. The van der Waals surface area contributed by atoms with E-state index in [1.54, 1.807) is 0 Å². The van der Waals surface area contributed by atoms with Crippen LogP contribution in [0.4, 0.5) is 4.39 Å². The molecule has 10 heavy (non-hydrogen) atoms. The van der Waals surface area contributed by atoms with Gasteiger partial charge in [-0.1, -0.05) is 0 Å². The number of rotatable bonds is 0. The van der Waals surface area contributed by atoms with Crippen molar-refractivity contribution in [3.63, 3.8) is 0 Å². The van der Waals surface area contributed by atoms with Gasteiger partial charge < -0.3 is 4.74 Å². The normalized spacial score (nSPS) is 37.5. The summed E-state index contributed by atoms with van der Waals surface area (Å²) in [6.45, 7) is 3.63. The van der Waals surface area contributed by atoms with Gasteiger partial charge in [0.25, 0.3) is 0 Å². The van der Waals surface area contributed by atoms with Crippen LogP contribution in [0.5, 0.6) is 0 Å². The van der Waals surface area contributed by atoms with Crippen LogP contribution in [0.15, 0.2) is 0 Å². The smallest absolute Gasteiger partial charge is 0.138 e. The number of alkyl halides is 1. The average molecular weight is 147 g/mol. The zero-order chi connectivity index (χ0) is 7.56. The van der Waals surface area contributed by atoms with Gasteiger partial charge in [0.2, 0.25) is 0 Å². The molecule has 1 aliphatic rings. The Morgan fingerprint density at radius 3 is 3.00 bits per heavy atom. The molecule has 1 saturated heterocycles. The third-order valence-corrected chi connectivity index (χ3v) is 2.08. The first-order chi connectivity index (χ1) is 4.72. The van der Waals surface area contributed by atoms with Crippen molar-refractivity contribution in [3.05, 3.63) is 0 Å². The van der Waals surface area contributed by atoms with Crippen molar-refractivity contribution < 1.29 is 9.13 Å². The maximum atomic E-state index is 12.9. The van der Waals surface area contributed by atoms with Crippen LogP contribution >= 0.6 is 0 Å². The van der Waals surface area contributed by atoms with Crippen LogP contribution in [0.3, 0.4) is 0 Å². The van der Waals surface area contributed by atoms with Gasteiger partial charge in [-0.05, 0) is 14.0 Å². The van der Waals surface area contributed by atoms with Crippen LogP contribution in [-0.4, -0.2) is 43.9 Å². The SMILES string of the molecule is CC1C(F)COCCN1C. The van der Waals surface area contributed by atoms with Crippen molar-refractivity contribution in [2.45, 2.75) is 19.1 Å². The summed E-state index contributed by atoms with van der Waals surface area (Å²) in [5, 5.41) is 0. The van der Waals surface area contributed by atoms with Gasteiger partial charge in [-0.25, -0.2) is 4.39 Å². The van der Waals surface area contributed by atoms with Gasteiger partial charge in [0.05, 0.1) is 13.2 Å². The molecular weight excluding hydrogens is 133 g/mol. The Kier molecular flexibility index (Phi) is 2.63. The van der Waals surface area contributed by atoms with Gasteiger partial charge in [0.15, 0.2) is 0 Å². The number of likely N-dealkylation sites (N-methyl/N-ethyl adjacent to an activating group) is 1. The molecule has 1 aliphatic heterocycles. The molecule has 0 N–H and O–H groups in total. The largest absolute Gasteiger partial charge is 0.377 e. The second-order valence-electron chi connectivity index (χ2n) is 2.81. The fourth-order valence-electron chi connectivity index (χ4n) is 1.02.